The van der Waals surface area contributed by atoms with Crippen LogP contribution in [0.3, 0.4) is 0 Å². The highest BCUT2D eigenvalue weighted by molar-refractivity contribution is 5.75. The van der Waals surface area contributed by atoms with E-state index < -0.39 is 5.95 Å². The minimum absolute atomic E-state index is 0.0291. The SMILES string of the molecule is O=c1[nH]c(Oc2ccc(F)nc2)nc2c1cnn2-c1ccccc1. The summed E-state index contributed by atoms with van der Waals surface area (Å²) in [4.78, 5) is 22.5. The predicted molar refractivity (Wildman–Crippen MR) is 83.8 cm³/mol. The summed E-state index contributed by atoms with van der Waals surface area (Å²) in [6.45, 7) is 0. The van der Waals surface area contributed by atoms with Gasteiger partial charge in [0.2, 0.25) is 5.95 Å². The summed E-state index contributed by atoms with van der Waals surface area (Å²) >= 11 is 0. The van der Waals surface area contributed by atoms with Gasteiger partial charge in [0.25, 0.3) is 5.56 Å². The fourth-order valence-electron chi connectivity index (χ4n) is 2.24. The number of ether oxygens (including phenoxy) is 1. The number of para-hydroxylation sites is 1. The van der Waals surface area contributed by atoms with Crippen LogP contribution in [0.4, 0.5) is 4.39 Å². The van der Waals surface area contributed by atoms with Gasteiger partial charge in [-0.3, -0.25) is 9.78 Å². The number of fused-ring (bicyclic) bond motifs is 1. The molecule has 0 aliphatic carbocycles. The van der Waals surface area contributed by atoms with Crippen LogP contribution in [0.25, 0.3) is 16.7 Å². The number of H-pyrrole nitrogens is 1. The van der Waals surface area contributed by atoms with Crippen molar-refractivity contribution in [3.05, 3.63) is 71.2 Å². The number of nitrogens with zero attached hydrogens (tertiary/aromatic N) is 4. The number of hydrogen-bond acceptors (Lipinski definition) is 5. The van der Waals surface area contributed by atoms with Gasteiger partial charge in [-0.05, 0) is 24.3 Å². The number of hydrogen-bond donors (Lipinski definition) is 1. The van der Waals surface area contributed by atoms with Crippen LogP contribution in [-0.4, -0.2) is 24.7 Å². The molecule has 3 heterocycles. The average Bonchev–Trinajstić information content (AvgIpc) is 3.02. The van der Waals surface area contributed by atoms with Gasteiger partial charge in [0.1, 0.15) is 11.1 Å². The Balaban J connectivity index is 1.81. The van der Waals surface area contributed by atoms with Gasteiger partial charge in [0, 0.05) is 0 Å². The first-order chi connectivity index (χ1) is 11.7. The Morgan fingerprint density at radius 1 is 1.08 bits per heavy atom. The maximum Gasteiger partial charge on any atom is 0.304 e. The first-order valence-corrected chi connectivity index (χ1v) is 7.03. The van der Waals surface area contributed by atoms with Gasteiger partial charge < -0.3 is 4.74 Å². The van der Waals surface area contributed by atoms with Crippen molar-refractivity contribution < 1.29 is 9.13 Å². The lowest BCUT2D eigenvalue weighted by atomic mass is 10.3. The summed E-state index contributed by atoms with van der Waals surface area (Å²) in [6, 6.07) is 11.8. The van der Waals surface area contributed by atoms with Gasteiger partial charge in [-0.1, -0.05) is 18.2 Å². The molecule has 0 atom stereocenters. The summed E-state index contributed by atoms with van der Waals surface area (Å²) in [6.07, 6.45) is 2.64. The van der Waals surface area contributed by atoms with E-state index in [-0.39, 0.29) is 17.3 Å². The maximum atomic E-state index is 12.8. The molecule has 118 valence electrons. The van der Waals surface area contributed by atoms with Crippen molar-refractivity contribution in [2.24, 2.45) is 0 Å². The van der Waals surface area contributed by atoms with Gasteiger partial charge in [0.05, 0.1) is 18.1 Å². The van der Waals surface area contributed by atoms with Crippen molar-refractivity contribution in [1.29, 1.82) is 0 Å². The van der Waals surface area contributed by atoms with E-state index in [2.05, 4.69) is 20.1 Å². The number of nitrogens with one attached hydrogen (secondary N) is 1. The van der Waals surface area contributed by atoms with Gasteiger partial charge in [-0.15, -0.1) is 0 Å². The van der Waals surface area contributed by atoms with Crippen LogP contribution in [-0.2, 0) is 0 Å². The molecule has 1 N–H and O–H groups in total. The van der Waals surface area contributed by atoms with Crippen molar-refractivity contribution in [3.8, 4) is 17.4 Å². The first kappa shape index (κ1) is 14.1. The summed E-state index contributed by atoms with van der Waals surface area (Å²) in [5.74, 6) is -0.369. The van der Waals surface area contributed by atoms with Crippen molar-refractivity contribution >= 4 is 11.0 Å². The van der Waals surface area contributed by atoms with E-state index in [9.17, 15) is 9.18 Å². The number of benzene rings is 1. The summed E-state index contributed by atoms with van der Waals surface area (Å²) in [5.41, 5.74) is 0.738. The lowest BCUT2D eigenvalue weighted by Crippen LogP contribution is -2.10. The van der Waals surface area contributed by atoms with E-state index in [1.807, 2.05) is 30.3 Å². The molecule has 3 aromatic heterocycles. The third kappa shape index (κ3) is 2.50. The molecular weight excluding hydrogens is 313 g/mol. The molecular formula is C16H10FN5O2. The second-order valence-electron chi connectivity index (χ2n) is 4.92. The smallest absolute Gasteiger partial charge is 0.304 e. The highest BCUT2D eigenvalue weighted by Crippen LogP contribution is 2.19. The van der Waals surface area contributed by atoms with E-state index in [0.717, 1.165) is 11.8 Å². The van der Waals surface area contributed by atoms with E-state index in [4.69, 9.17) is 4.74 Å². The fraction of sp³-hybridized carbons (Fsp3) is 0. The Bertz CT molecular complexity index is 1060. The summed E-state index contributed by atoms with van der Waals surface area (Å²) < 4.78 is 19.8. The third-order valence-electron chi connectivity index (χ3n) is 3.33. The first-order valence-electron chi connectivity index (χ1n) is 7.03. The number of halogens is 1. The van der Waals surface area contributed by atoms with Crippen LogP contribution in [0.1, 0.15) is 0 Å². The standard InChI is InChI=1S/C16H10FN5O2/c17-13-7-6-11(8-18-13)24-16-20-14-12(15(23)21-16)9-19-22(14)10-4-2-1-3-5-10/h1-9H,(H,20,21,23). The van der Waals surface area contributed by atoms with Gasteiger partial charge in [0.15, 0.2) is 5.65 Å². The normalized spacial score (nSPS) is 10.9. The van der Waals surface area contributed by atoms with Gasteiger partial charge in [-0.25, -0.2) is 9.67 Å². The minimum atomic E-state index is -0.624. The number of rotatable bonds is 3. The van der Waals surface area contributed by atoms with Crippen molar-refractivity contribution in [3.63, 3.8) is 0 Å². The zero-order valence-electron chi connectivity index (χ0n) is 12.2. The van der Waals surface area contributed by atoms with Crippen molar-refractivity contribution in [2.75, 3.05) is 0 Å². The van der Waals surface area contributed by atoms with Crippen LogP contribution in [0.15, 0.2) is 59.7 Å². The molecule has 24 heavy (non-hydrogen) atoms. The molecule has 0 fully saturated rings. The van der Waals surface area contributed by atoms with Crippen molar-refractivity contribution in [2.45, 2.75) is 0 Å². The second-order valence-corrected chi connectivity index (χ2v) is 4.92. The topological polar surface area (TPSA) is 85.7 Å². The Morgan fingerprint density at radius 2 is 1.92 bits per heavy atom. The third-order valence-corrected chi connectivity index (χ3v) is 3.33. The Hall–Kier alpha value is -3.55. The van der Waals surface area contributed by atoms with E-state index >= 15 is 0 Å². The number of pyridine rings is 1. The molecule has 0 spiro atoms. The van der Waals surface area contributed by atoms with Crippen LogP contribution >= 0.6 is 0 Å². The molecule has 0 unspecified atom stereocenters. The molecule has 1 aromatic carbocycles. The summed E-state index contributed by atoms with van der Waals surface area (Å²) in [7, 11) is 0. The number of aromatic amines is 1. The van der Waals surface area contributed by atoms with Crippen LogP contribution < -0.4 is 10.3 Å². The molecule has 0 amide bonds. The predicted octanol–water partition coefficient (Wildman–Crippen LogP) is 2.44. The fourth-order valence-corrected chi connectivity index (χ4v) is 2.24. The molecule has 4 aromatic rings. The zero-order chi connectivity index (χ0) is 16.5. The van der Waals surface area contributed by atoms with Gasteiger partial charge >= 0.3 is 6.01 Å². The molecule has 0 radical (unpaired) electrons. The van der Waals surface area contributed by atoms with Crippen LogP contribution in [0.5, 0.6) is 11.8 Å². The molecule has 0 saturated heterocycles. The molecule has 7 nitrogen and oxygen atoms in total. The maximum absolute atomic E-state index is 12.8. The number of aromatic nitrogens is 5. The van der Waals surface area contributed by atoms with E-state index in [1.165, 1.54) is 18.5 Å². The molecule has 0 aliphatic heterocycles. The van der Waals surface area contributed by atoms with Gasteiger partial charge in [-0.2, -0.15) is 14.5 Å². The highest BCUT2D eigenvalue weighted by atomic mass is 19.1. The average molecular weight is 323 g/mol. The van der Waals surface area contributed by atoms with Crippen molar-refractivity contribution in [1.82, 2.24) is 24.7 Å². The summed E-state index contributed by atoms with van der Waals surface area (Å²) in [5, 5.41) is 4.54. The van der Waals surface area contributed by atoms with E-state index in [0.29, 0.717) is 11.0 Å². The molecule has 4 rings (SSSR count). The Labute approximate surface area is 134 Å². The largest absolute Gasteiger partial charge is 0.424 e. The van der Waals surface area contributed by atoms with Crippen LogP contribution in [0.2, 0.25) is 0 Å². The van der Waals surface area contributed by atoms with Crippen LogP contribution in [0, 0.1) is 5.95 Å². The molecule has 0 aliphatic rings. The monoisotopic (exact) mass is 323 g/mol. The molecule has 8 heteroatoms. The lowest BCUT2D eigenvalue weighted by Gasteiger charge is -2.05. The Morgan fingerprint density at radius 3 is 2.67 bits per heavy atom. The zero-order valence-corrected chi connectivity index (χ0v) is 12.2. The highest BCUT2D eigenvalue weighted by Gasteiger charge is 2.12. The lowest BCUT2D eigenvalue weighted by molar-refractivity contribution is 0.436. The molecule has 0 bridgehead atoms. The minimum Gasteiger partial charge on any atom is -0.424 e. The quantitative estimate of drug-likeness (QED) is 0.585. The Kier molecular flexibility index (Phi) is 3.27. The molecule has 0 saturated carbocycles. The second kappa shape index (κ2) is 5.58. The van der Waals surface area contributed by atoms with E-state index in [1.54, 1.807) is 4.68 Å².